The summed E-state index contributed by atoms with van der Waals surface area (Å²) >= 11 is 5.72. The van der Waals surface area contributed by atoms with Crippen LogP contribution in [0.15, 0.2) is 30.3 Å². The molecule has 0 aliphatic rings. The van der Waals surface area contributed by atoms with Gasteiger partial charge < -0.3 is 14.2 Å². The number of alkyl halides is 1. The predicted octanol–water partition coefficient (Wildman–Crippen LogP) is 6.21. The lowest BCUT2D eigenvalue weighted by Crippen LogP contribution is -2.02. The first-order chi connectivity index (χ1) is 12.3. The molecule has 0 aliphatic carbocycles. The van der Waals surface area contributed by atoms with Gasteiger partial charge in [-0.2, -0.15) is 0 Å². The van der Waals surface area contributed by atoms with E-state index in [1.165, 1.54) is 12.8 Å². The number of halogens is 1. The Bertz CT molecular complexity index is 642. The van der Waals surface area contributed by atoms with Gasteiger partial charge in [0.05, 0.1) is 20.3 Å². The third-order valence-corrected chi connectivity index (χ3v) is 4.44. The molecule has 0 N–H and O–H groups in total. The molecule has 3 nitrogen and oxygen atoms in total. The Morgan fingerprint density at radius 1 is 0.840 bits per heavy atom. The van der Waals surface area contributed by atoms with Gasteiger partial charge in [0, 0.05) is 22.7 Å². The van der Waals surface area contributed by atoms with Gasteiger partial charge in [0.1, 0.15) is 5.75 Å². The molecule has 2 aromatic carbocycles. The van der Waals surface area contributed by atoms with E-state index < -0.39 is 0 Å². The van der Waals surface area contributed by atoms with Crippen LogP contribution >= 0.6 is 11.6 Å². The van der Waals surface area contributed by atoms with Crippen LogP contribution in [-0.4, -0.2) is 26.2 Å². The van der Waals surface area contributed by atoms with Gasteiger partial charge in [0.15, 0.2) is 11.5 Å². The lowest BCUT2D eigenvalue weighted by atomic mass is 10.1. The maximum absolute atomic E-state index is 6.06. The summed E-state index contributed by atoms with van der Waals surface area (Å²) in [4.78, 5) is 0. The standard InChI is InChI=1S/C21H29ClO3/c1-3-4-9-15-25-21-18-12-7-6-11-17(18)19(16-20(21)23-2)24-14-10-5-8-13-22/h6-7,11-12,16H,3-5,8-10,13-15H2,1-2H3. The Morgan fingerprint density at radius 3 is 2.28 bits per heavy atom. The molecule has 0 spiro atoms. The van der Waals surface area contributed by atoms with E-state index in [1.807, 2.05) is 18.2 Å². The van der Waals surface area contributed by atoms with Crippen LogP contribution in [0.25, 0.3) is 10.8 Å². The van der Waals surface area contributed by atoms with Crippen LogP contribution in [0.1, 0.15) is 45.4 Å². The van der Waals surface area contributed by atoms with Crippen molar-refractivity contribution in [2.75, 3.05) is 26.2 Å². The second-order valence-corrected chi connectivity index (χ2v) is 6.48. The summed E-state index contributed by atoms with van der Waals surface area (Å²) in [7, 11) is 1.67. The van der Waals surface area contributed by atoms with Crippen LogP contribution in [-0.2, 0) is 0 Å². The number of ether oxygens (including phenoxy) is 3. The van der Waals surface area contributed by atoms with Crippen molar-refractivity contribution >= 4 is 22.4 Å². The smallest absolute Gasteiger partial charge is 0.169 e. The SMILES string of the molecule is CCCCCOc1c(OC)cc(OCCCCCCl)c2ccccc12. The van der Waals surface area contributed by atoms with Crippen molar-refractivity contribution in [3.05, 3.63) is 30.3 Å². The van der Waals surface area contributed by atoms with Crippen LogP contribution in [0.2, 0.25) is 0 Å². The first kappa shape index (κ1) is 19.7. The van der Waals surface area contributed by atoms with Crippen LogP contribution in [0, 0.1) is 0 Å². The fourth-order valence-corrected chi connectivity index (χ4v) is 2.98. The molecule has 0 radical (unpaired) electrons. The van der Waals surface area contributed by atoms with Crippen LogP contribution < -0.4 is 14.2 Å². The molecule has 0 saturated carbocycles. The predicted molar refractivity (Wildman–Crippen MR) is 106 cm³/mol. The van der Waals surface area contributed by atoms with Crippen molar-refractivity contribution in [3.8, 4) is 17.2 Å². The highest BCUT2D eigenvalue weighted by atomic mass is 35.5. The molecule has 0 aliphatic heterocycles. The Morgan fingerprint density at radius 2 is 1.56 bits per heavy atom. The maximum Gasteiger partial charge on any atom is 0.169 e. The van der Waals surface area contributed by atoms with Gasteiger partial charge in [0.2, 0.25) is 0 Å². The van der Waals surface area contributed by atoms with Crippen LogP contribution in [0.4, 0.5) is 0 Å². The average Bonchev–Trinajstić information content (AvgIpc) is 2.65. The molecule has 0 unspecified atom stereocenters. The normalized spacial score (nSPS) is 10.8. The van der Waals surface area contributed by atoms with Crippen LogP contribution in [0.5, 0.6) is 17.2 Å². The zero-order valence-corrected chi connectivity index (χ0v) is 16.1. The Balaban J connectivity index is 2.19. The zero-order valence-electron chi connectivity index (χ0n) is 15.4. The number of methoxy groups -OCH3 is 1. The largest absolute Gasteiger partial charge is 0.493 e. The fraction of sp³-hybridized carbons (Fsp3) is 0.524. The van der Waals surface area contributed by atoms with Gasteiger partial charge >= 0.3 is 0 Å². The highest BCUT2D eigenvalue weighted by Gasteiger charge is 2.15. The summed E-state index contributed by atoms with van der Waals surface area (Å²) in [6.07, 6.45) is 6.50. The van der Waals surface area contributed by atoms with Crippen molar-refractivity contribution in [1.82, 2.24) is 0 Å². The summed E-state index contributed by atoms with van der Waals surface area (Å²) in [5.41, 5.74) is 0. The van der Waals surface area contributed by atoms with E-state index >= 15 is 0 Å². The molecule has 4 heteroatoms. The molecule has 25 heavy (non-hydrogen) atoms. The summed E-state index contributed by atoms with van der Waals surface area (Å²) in [5.74, 6) is 3.09. The van der Waals surface area contributed by atoms with Gasteiger partial charge in [-0.1, -0.05) is 44.0 Å². The van der Waals surface area contributed by atoms with Crippen molar-refractivity contribution in [2.45, 2.75) is 45.4 Å². The molecule has 0 heterocycles. The van der Waals surface area contributed by atoms with Gasteiger partial charge in [-0.3, -0.25) is 0 Å². The molecule has 0 atom stereocenters. The molecule has 2 aromatic rings. The fourth-order valence-electron chi connectivity index (χ4n) is 2.79. The maximum atomic E-state index is 6.06. The number of benzene rings is 2. The van der Waals surface area contributed by atoms with Crippen molar-refractivity contribution in [2.24, 2.45) is 0 Å². The minimum Gasteiger partial charge on any atom is -0.493 e. The summed E-state index contributed by atoms with van der Waals surface area (Å²) in [6, 6.07) is 10.1. The van der Waals surface area contributed by atoms with Crippen molar-refractivity contribution < 1.29 is 14.2 Å². The highest BCUT2D eigenvalue weighted by Crippen LogP contribution is 2.41. The minimum absolute atomic E-state index is 0.681. The number of fused-ring (bicyclic) bond motifs is 1. The molecule has 0 fully saturated rings. The summed E-state index contributed by atoms with van der Waals surface area (Å²) in [5, 5.41) is 2.10. The first-order valence-electron chi connectivity index (χ1n) is 9.23. The molecule has 0 amide bonds. The second-order valence-electron chi connectivity index (χ2n) is 6.11. The molecule has 0 aromatic heterocycles. The summed E-state index contributed by atoms with van der Waals surface area (Å²) < 4.78 is 17.7. The van der Waals surface area contributed by atoms with Crippen molar-refractivity contribution in [3.63, 3.8) is 0 Å². The number of rotatable bonds is 12. The molecular formula is C21H29ClO3. The number of hydrogen-bond acceptors (Lipinski definition) is 3. The third kappa shape index (κ3) is 5.71. The van der Waals surface area contributed by atoms with E-state index in [4.69, 9.17) is 25.8 Å². The number of hydrogen-bond donors (Lipinski definition) is 0. The van der Waals surface area contributed by atoms with Gasteiger partial charge in [-0.05, 0) is 25.7 Å². The lowest BCUT2D eigenvalue weighted by Gasteiger charge is -2.17. The zero-order chi connectivity index (χ0) is 17.9. The molecule has 138 valence electrons. The lowest BCUT2D eigenvalue weighted by molar-refractivity contribution is 0.284. The highest BCUT2D eigenvalue weighted by molar-refractivity contribution is 6.17. The van der Waals surface area contributed by atoms with Gasteiger partial charge in [-0.25, -0.2) is 0 Å². The van der Waals surface area contributed by atoms with Crippen molar-refractivity contribution in [1.29, 1.82) is 0 Å². The van der Waals surface area contributed by atoms with E-state index in [9.17, 15) is 0 Å². The van der Waals surface area contributed by atoms with E-state index in [1.54, 1.807) is 7.11 Å². The van der Waals surface area contributed by atoms with Crippen LogP contribution in [0.3, 0.4) is 0 Å². The third-order valence-electron chi connectivity index (χ3n) is 4.17. The Kier molecular flexibility index (Phi) is 8.75. The van der Waals surface area contributed by atoms with Gasteiger partial charge in [0.25, 0.3) is 0 Å². The van der Waals surface area contributed by atoms with E-state index in [0.29, 0.717) is 19.1 Å². The first-order valence-corrected chi connectivity index (χ1v) is 9.76. The number of unbranched alkanes of at least 4 members (excludes halogenated alkanes) is 4. The molecule has 0 bridgehead atoms. The Labute approximate surface area is 156 Å². The average molecular weight is 365 g/mol. The minimum atomic E-state index is 0.681. The molecule has 2 rings (SSSR count). The topological polar surface area (TPSA) is 27.7 Å². The molecular weight excluding hydrogens is 336 g/mol. The van der Waals surface area contributed by atoms with Gasteiger partial charge in [-0.15, -0.1) is 11.6 Å². The summed E-state index contributed by atoms with van der Waals surface area (Å²) in [6.45, 7) is 3.57. The van der Waals surface area contributed by atoms with E-state index in [0.717, 1.165) is 53.7 Å². The quantitative estimate of drug-likeness (QED) is 0.331. The monoisotopic (exact) mass is 364 g/mol. The Hall–Kier alpha value is -1.61. The van der Waals surface area contributed by atoms with E-state index in [-0.39, 0.29) is 0 Å². The van der Waals surface area contributed by atoms with E-state index in [2.05, 4.69) is 19.1 Å². The molecule has 0 saturated heterocycles. The second kappa shape index (κ2) is 11.1.